The van der Waals surface area contributed by atoms with Gasteiger partial charge in [-0.3, -0.25) is 14.3 Å². The lowest BCUT2D eigenvalue weighted by atomic mass is 10.1. The molecule has 1 saturated carbocycles. The first-order valence-electron chi connectivity index (χ1n) is 5.89. The van der Waals surface area contributed by atoms with Gasteiger partial charge in [0, 0.05) is 16.6 Å². The number of benzene rings is 1. The van der Waals surface area contributed by atoms with Crippen LogP contribution in [0.5, 0.6) is 0 Å². The van der Waals surface area contributed by atoms with E-state index in [1.165, 1.54) is 4.57 Å². The van der Waals surface area contributed by atoms with Crippen molar-refractivity contribution in [1.82, 2.24) is 9.55 Å². The van der Waals surface area contributed by atoms with Crippen molar-refractivity contribution in [2.24, 2.45) is 0 Å². The van der Waals surface area contributed by atoms with Crippen molar-refractivity contribution >= 4 is 23.2 Å². The summed E-state index contributed by atoms with van der Waals surface area (Å²) < 4.78 is 1.23. The topological polar surface area (TPSA) is 54.9 Å². The number of rotatable bonds is 2. The number of nitrogens with one attached hydrogen (secondary N) is 1. The summed E-state index contributed by atoms with van der Waals surface area (Å²) in [5, 5.41) is 0.455. The molecule has 19 heavy (non-hydrogen) atoms. The molecule has 3 rings (SSSR count). The summed E-state index contributed by atoms with van der Waals surface area (Å²) in [6.07, 6.45) is 1.68. The van der Waals surface area contributed by atoms with Crippen LogP contribution in [0.15, 0.2) is 33.9 Å². The second-order valence-electron chi connectivity index (χ2n) is 4.51. The SMILES string of the molecule is O=c1[nH]c(Cl)c(-c2ccccc2Cl)c(=O)n1C1CC1. The standard InChI is InChI=1S/C13H10Cl2N2O2/c14-9-4-2-1-3-8(9)10-11(15)16-13(19)17(12(10)18)7-5-6-7/h1-4,7H,5-6H2,(H,16,19). The highest BCUT2D eigenvalue weighted by Gasteiger charge is 2.29. The smallest absolute Gasteiger partial charge is 0.297 e. The van der Waals surface area contributed by atoms with Gasteiger partial charge < -0.3 is 0 Å². The van der Waals surface area contributed by atoms with Gasteiger partial charge >= 0.3 is 5.69 Å². The van der Waals surface area contributed by atoms with Crippen LogP contribution >= 0.6 is 23.2 Å². The van der Waals surface area contributed by atoms with Crippen molar-refractivity contribution in [3.8, 4) is 11.1 Å². The summed E-state index contributed by atoms with van der Waals surface area (Å²) in [5.41, 5.74) is -0.0683. The number of aromatic nitrogens is 2. The summed E-state index contributed by atoms with van der Waals surface area (Å²) in [4.78, 5) is 26.8. The maximum atomic E-state index is 12.4. The second-order valence-corrected chi connectivity index (χ2v) is 5.29. The molecule has 0 atom stereocenters. The quantitative estimate of drug-likeness (QED) is 0.867. The third-order valence-corrected chi connectivity index (χ3v) is 3.76. The maximum Gasteiger partial charge on any atom is 0.329 e. The lowest BCUT2D eigenvalue weighted by molar-refractivity contribution is 0.657. The molecule has 0 bridgehead atoms. The Labute approximate surface area is 118 Å². The Morgan fingerprint density at radius 1 is 1.16 bits per heavy atom. The van der Waals surface area contributed by atoms with Crippen molar-refractivity contribution in [1.29, 1.82) is 0 Å². The molecule has 0 radical (unpaired) electrons. The molecule has 1 aliphatic rings. The molecule has 6 heteroatoms. The van der Waals surface area contributed by atoms with Gasteiger partial charge in [0.05, 0.1) is 5.56 Å². The van der Waals surface area contributed by atoms with Gasteiger partial charge in [-0.05, 0) is 18.9 Å². The maximum absolute atomic E-state index is 12.4. The monoisotopic (exact) mass is 296 g/mol. The van der Waals surface area contributed by atoms with Crippen LogP contribution in [-0.4, -0.2) is 9.55 Å². The number of H-pyrrole nitrogens is 1. The first-order valence-corrected chi connectivity index (χ1v) is 6.64. The summed E-state index contributed by atoms with van der Waals surface area (Å²) in [5.74, 6) is 0. The third-order valence-electron chi connectivity index (χ3n) is 3.14. The van der Waals surface area contributed by atoms with Gasteiger partial charge in [0.25, 0.3) is 5.56 Å². The number of hydrogen-bond acceptors (Lipinski definition) is 2. The van der Waals surface area contributed by atoms with E-state index in [0.29, 0.717) is 10.6 Å². The van der Waals surface area contributed by atoms with E-state index < -0.39 is 5.69 Å². The van der Waals surface area contributed by atoms with Crippen molar-refractivity contribution in [3.05, 3.63) is 55.3 Å². The van der Waals surface area contributed by atoms with E-state index in [0.717, 1.165) is 12.8 Å². The molecule has 0 spiro atoms. The first kappa shape index (κ1) is 12.5. The van der Waals surface area contributed by atoms with Crippen LogP contribution in [-0.2, 0) is 0 Å². The molecule has 4 nitrogen and oxygen atoms in total. The van der Waals surface area contributed by atoms with Crippen molar-refractivity contribution in [2.75, 3.05) is 0 Å². The Balaban J connectivity index is 2.33. The lowest BCUT2D eigenvalue weighted by Crippen LogP contribution is -2.35. The minimum Gasteiger partial charge on any atom is -0.297 e. The van der Waals surface area contributed by atoms with Crippen LogP contribution in [0.25, 0.3) is 11.1 Å². The molecule has 1 aliphatic carbocycles. The van der Waals surface area contributed by atoms with E-state index in [9.17, 15) is 9.59 Å². The second kappa shape index (κ2) is 4.54. The Bertz CT molecular complexity index is 760. The molecule has 0 amide bonds. The Morgan fingerprint density at radius 2 is 1.84 bits per heavy atom. The van der Waals surface area contributed by atoms with E-state index >= 15 is 0 Å². The average molecular weight is 297 g/mol. The van der Waals surface area contributed by atoms with Gasteiger partial charge in [0.1, 0.15) is 5.15 Å². The van der Waals surface area contributed by atoms with Crippen LogP contribution in [0.2, 0.25) is 10.2 Å². The zero-order valence-electron chi connectivity index (χ0n) is 9.82. The minimum absolute atomic E-state index is 0.0187. The number of nitrogens with zero attached hydrogens (tertiary/aromatic N) is 1. The average Bonchev–Trinajstić information content (AvgIpc) is 3.15. The zero-order valence-corrected chi connectivity index (χ0v) is 11.3. The molecule has 1 fully saturated rings. The highest BCUT2D eigenvalue weighted by Crippen LogP contribution is 2.34. The number of aromatic amines is 1. The molecule has 1 aromatic heterocycles. The predicted molar refractivity (Wildman–Crippen MR) is 75.0 cm³/mol. The Morgan fingerprint density at radius 3 is 2.47 bits per heavy atom. The van der Waals surface area contributed by atoms with E-state index in [4.69, 9.17) is 23.2 Å². The summed E-state index contributed by atoms with van der Waals surface area (Å²) in [7, 11) is 0. The highest BCUT2D eigenvalue weighted by atomic mass is 35.5. The third kappa shape index (κ3) is 2.11. The summed E-state index contributed by atoms with van der Waals surface area (Å²) >= 11 is 12.1. The van der Waals surface area contributed by atoms with E-state index in [1.54, 1.807) is 24.3 Å². The fraction of sp³-hybridized carbons (Fsp3) is 0.231. The Kier molecular flexibility index (Phi) is 2.99. The van der Waals surface area contributed by atoms with Gasteiger partial charge in [-0.25, -0.2) is 4.79 Å². The van der Waals surface area contributed by atoms with Crippen molar-refractivity contribution in [2.45, 2.75) is 18.9 Å². The molecule has 0 saturated heterocycles. The molecular weight excluding hydrogens is 287 g/mol. The van der Waals surface area contributed by atoms with Crippen LogP contribution in [0, 0.1) is 0 Å². The van der Waals surface area contributed by atoms with Crippen molar-refractivity contribution < 1.29 is 0 Å². The van der Waals surface area contributed by atoms with E-state index in [2.05, 4.69) is 4.98 Å². The Hall–Kier alpha value is -1.52. The highest BCUT2D eigenvalue weighted by molar-refractivity contribution is 6.35. The van der Waals surface area contributed by atoms with Crippen molar-refractivity contribution in [3.63, 3.8) is 0 Å². The van der Waals surface area contributed by atoms with E-state index in [-0.39, 0.29) is 22.3 Å². The molecule has 98 valence electrons. The number of halogens is 2. The van der Waals surface area contributed by atoms with Gasteiger partial charge in [0.15, 0.2) is 0 Å². The number of hydrogen-bond donors (Lipinski definition) is 1. The first-order chi connectivity index (χ1) is 9.09. The molecule has 0 aliphatic heterocycles. The van der Waals surface area contributed by atoms with Gasteiger partial charge in [-0.1, -0.05) is 41.4 Å². The zero-order chi connectivity index (χ0) is 13.6. The summed E-state index contributed by atoms with van der Waals surface area (Å²) in [6, 6.07) is 6.91. The van der Waals surface area contributed by atoms with Crippen LogP contribution in [0.1, 0.15) is 18.9 Å². The van der Waals surface area contributed by atoms with Gasteiger partial charge in [-0.2, -0.15) is 0 Å². The molecule has 1 N–H and O–H groups in total. The van der Waals surface area contributed by atoms with E-state index in [1.807, 2.05) is 0 Å². The minimum atomic E-state index is -0.465. The van der Waals surface area contributed by atoms with Gasteiger partial charge in [-0.15, -0.1) is 0 Å². The fourth-order valence-corrected chi connectivity index (χ4v) is 2.58. The fourth-order valence-electron chi connectivity index (χ4n) is 2.08. The predicted octanol–water partition coefficient (Wildman–Crippen LogP) is 2.85. The molecular formula is C13H10Cl2N2O2. The van der Waals surface area contributed by atoms with Gasteiger partial charge in [0.2, 0.25) is 0 Å². The lowest BCUT2D eigenvalue weighted by Gasteiger charge is -2.09. The van der Waals surface area contributed by atoms with Crippen LogP contribution < -0.4 is 11.2 Å². The van der Waals surface area contributed by atoms with Crippen LogP contribution in [0.3, 0.4) is 0 Å². The molecule has 1 heterocycles. The normalized spacial score (nSPS) is 14.6. The molecule has 1 aromatic carbocycles. The summed E-state index contributed by atoms with van der Waals surface area (Å²) in [6.45, 7) is 0. The molecule has 2 aromatic rings. The molecule has 0 unspecified atom stereocenters. The van der Waals surface area contributed by atoms with Crippen LogP contribution in [0.4, 0.5) is 0 Å². The largest absolute Gasteiger partial charge is 0.329 e.